The second-order valence-electron chi connectivity index (χ2n) is 5.35. The van der Waals surface area contributed by atoms with E-state index in [1.54, 1.807) is 24.7 Å². The number of halogens is 1. The van der Waals surface area contributed by atoms with E-state index < -0.39 is 6.04 Å². The van der Waals surface area contributed by atoms with Gasteiger partial charge >= 0.3 is 0 Å². The minimum atomic E-state index is -0.399. The highest BCUT2D eigenvalue weighted by atomic mass is 35.5. The number of hydrogen-bond acceptors (Lipinski definition) is 3. The van der Waals surface area contributed by atoms with E-state index in [1.165, 1.54) is 0 Å². The molecule has 2 heterocycles. The van der Waals surface area contributed by atoms with Crippen molar-refractivity contribution in [2.24, 2.45) is 0 Å². The van der Waals surface area contributed by atoms with E-state index in [1.807, 2.05) is 4.90 Å². The molecule has 0 bridgehead atoms. The Labute approximate surface area is 129 Å². The highest BCUT2D eigenvalue weighted by Gasteiger charge is 2.20. The van der Waals surface area contributed by atoms with E-state index >= 15 is 0 Å². The topological polar surface area (TPSA) is 67.2 Å². The molecule has 0 radical (unpaired) electrons. The van der Waals surface area contributed by atoms with Crippen LogP contribution in [0, 0.1) is 6.92 Å². The quantitative estimate of drug-likeness (QED) is 0.810. The third kappa shape index (κ3) is 3.97. The Bertz CT molecular complexity index is 510. The first-order chi connectivity index (χ1) is 9.99. The lowest BCUT2D eigenvalue weighted by Gasteiger charge is -2.16. The van der Waals surface area contributed by atoms with Gasteiger partial charge in [0.15, 0.2) is 0 Å². The first kappa shape index (κ1) is 15.8. The molecule has 6 nitrogen and oxygen atoms in total. The van der Waals surface area contributed by atoms with Crippen LogP contribution in [-0.4, -0.2) is 46.1 Å². The van der Waals surface area contributed by atoms with Crippen LogP contribution in [0.1, 0.15) is 37.9 Å². The van der Waals surface area contributed by atoms with Gasteiger partial charge in [-0.25, -0.2) is 0 Å². The van der Waals surface area contributed by atoms with Crippen molar-refractivity contribution in [3.05, 3.63) is 16.9 Å². The maximum atomic E-state index is 12.0. The molecule has 116 valence electrons. The molecule has 0 spiro atoms. The first-order valence-corrected chi connectivity index (χ1v) is 7.63. The molecular formula is C14H21ClN4O2. The van der Waals surface area contributed by atoms with Crippen molar-refractivity contribution in [3.63, 3.8) is 0 Å². The highest BCUT2D eigenvalue weighted by molar-refractivity contribution is 6.31. The number of carbonyl (C=O) groups is 2. The lowest BCUT2D eigenvalue weighted by atomic mass is 10.3. The Morgan fingerprint density at radius 3 is 2.90 bits per heavy atom. The Hall–Kier alpha value is -1.56. The van der Waals surface area contributed by atoms with Gasteiger partial charge < -0.3 is 10.2 Å². The number of rotatable bonds is 6. The van der Waals surface area contributed by atoms with Crippen LogP contribution >= 0.6 is 11.6 Å². The zero-order valence-electron chi connectivity index (χ0n) is 12.4. The van der Waals surface area contributed by atoms with Crippen LogP contribution in [0.2, 0.25) is 5.02 Å². The molecule has 1 aliphatic rings. The zero-order valence-corrected chi connectivity index (χ0v) is 13.2. The second-order valence-corrected chi connectivity index (χ2v) is 5.75. The van der Waals surface area contributed by atoms with Gasteiger partial charge in [-0.3, -0.25) is 14.3 Å². The average Bonchev–Trinajstić information content (AvgIpc) is 3.00. The molecule has 1 saturated heterocycles. The zero-order chi connectivity index (χ0) is 15.4. The van der Waals surface area contributed by atoms with E-state index in [-0.39, 0.29) is 11.8 Å². The fourth-order valence-electron chi connectivity index (χ4n) is 2.35. The maximum Gasteiger partial charge on any atom is 0.244 e. The molecule has 21 heavy (non-hydrogen) atoms. The molecule has 0 aromatic carbocycles. The van der Waals surface area contributed by atoms with Crippen molar-refractivity contribution < 1.29 is 9.59 Å². The summed E-state index contributed by atoms with van der Waals surface area (Å²) in [4.78, 5) is 25.3. The summed E-state index contributed by atoms with van der Waals surface area (Å²) in [5.74, 6) is 0.123. The summed E-state index contributed by atoms with van der Waals surface area (Å²) in [6.07, 6.45) is 4.03. The van der Waals surface area contributed by atoms with Crippen molar-refractivity contribution in [2.75, 3.05) is 19.6 Å². The van der Waals surface area contributed by atoms with Crippen molar-refractivity contribution in [2.45, 2.75) is 39.2 Å². The van der Waals surface area contributed by atoms with Gasteiger partial charge in [0.25, 0.3) is 0 Å². The number of hydrogen-bond donors (Lipinski definition) is 1. The van der Waals surface area contributed by atoms with Crippen LogP contribution in [0.15, 0.2) is 6.20 Å². The van der Waals surface area contributed by atoms with Crippen molar-refractivity contribution >= 4 is 23.4 Å². The summed E-state index contributed by atoms with van der Waals surface area (Å²) < 4.78 is 1.57. The summed E-state index contributed by atoms with van der Waals surface area (Å²) in [5.41, 5.74) is 0.712. The van der Waals surface area contributed by atoms with Gasteiger partial charge in [0.2, 0.25) is 11.8 Å². The van der Waals surface area contributed by atoms with E-state index in [4.69, 9.17) is 11.6 Å². The van der Waals surface area contributed by atoms with E-state index in [9.17, 15) is 9.59 Å². The molecule has 7 heteroatoms. The Kier molecular flexibility index (Phi) is 5.22. The molecule has 1 atom stereocenters. The molecule has 1 fully saturated rings. The number of nitrogens with one attached hydrogen (secondary N) is 1. The second kappa shape index (κ2) is 6.93. The molecule has 0 saturated carbocycles. The fourth-order valence-corrected chi connectivity index (χ4v) is 2.49. The largest absolute Gasteiger partial charge is 0.354 e. The average molecular weight is 313 g/mol. The summed E-state index contributed by atoms with van der Waals surface area (Å²) in [5, 5.41) is 7.63. The van der Waals surface area contributed by atoms with Crippen LogP contribution in [0.25, 0.3) is 0 Å². The highest BCUT2D eigenvalue weighted by Crippen LogP contribution is 2.15. The monoisotopic (exact) mass is 312 g/mol. The van der Waals surface area contributed by atoms with Gasteiger partial charge in [-0.15, -0.1) is 0 Å². The van der Waals surface area contributed by atoms with Gasteiger partial charge in [0, 0.05) is 32.3 Å². The van der Waals surface area contributed by atoms with Crippen molar-refractivity contribution in [3.8, 4) is 0 Å². The van der Waals surface area contributed by atoms with Gasteiger partial charge in [0.1, 0.15) is 6.04 Å². The van der Waals surface area contributed by atoms with Crippen LogP contribution < -0.4 is 5.32 Å². The SMILES string of the molecule is Cc1nn(C(C)C(=O)NCCCN2CCCC2=O)cc1Cl. The van der Waals surface area contributed by atoms with Crippen LogP contribution in [0.5, 0.6) is 0 Å². The minimum absolute atomic E-state index is 0.0954. The Morgan fingerprint density at radius 2 is 2.33 bits per heavy atom. The first-order valence-electron chi connectivity index (χ1n) is 7.26. The molecule has 1 aromatic rings. The van der Waals surface area contributed by atoms with Crippen LogP contribution in [-0.2, 0) is 9.59 Å². The lowest BCUT2D eigenvalue weighted by Crippen LogP contribution is -2.34. The summed E-state index contributed by atoms with van der Waals surface area (Å²) in [7, 11) is 0. The maximum absolute atomic E-state index is 12.0. The number of aromatic nitrogens is 2. The molecule has 1 N–H and O–H groups in total. The third-order valence-corrected chi connectivity index (χ3v) is 4.08. The molecule has 1 aliphatic heterocycles. The molecule has 1 aromatic heterocycles. The van der Waals surface area contributed by atoms with Crippen LogP contribution in [0.4, 0.5) is 0 Å². The van der Waals surface area contributed by atoms with E-state index in [0.29, 0.717) is 30.2 Å². The third-order valence-electron chi connectivity index (χ3n) is 3.71. The Balaban J connectivity index is 1.72. The predicted octanol–water partition coefficient (Wildman–Crippen LogP) is 1.53. The van der Waals surface area contributed by atoms with Crippen molar-refractivity contribution in [1.29, 1.82) is 0 Å². The van der Waals surface area contributed by atoms with Crippen LogP contribution in [0.3, 0.4) is 0 Å². The Morgan fingerprint density at radius 1 is 1.57 bits per heavy atom. The fraction of sp³-hybridized carbons (Fsp3) is 0.643. The smallest absolute Gasteiger partial charge is 0.244 e. The number of likely N-dealkylation sites (tertiary alicyclic amines) is 1. The van der Waals surface area contributed by atoms with Gasteiger partial charge in [-0.05, 0) is 26.7 Å². The number of aryl methyl sites for hydroxylation is 1. The normalized spacial score (nSPS) is 16.3. The molecule has 2 amide bonds. The standard InChI is InChI=1S/C14H21ClN4O2/c1-10-12(15)9-19(17-10)11(2)14(21)16-6-4-8-18-7-3-5-13(18)20/h9,11H,3-8H2,1-2H3,(H,16,21). The summed E-state index contributed by atoms with van der Waals surface area (Å²) in [6.45, 7) is 5.69. The molecular weight excluding hydrogens is 292 g/mol. The molecule has 1 unspecified atom stereocenters. The summed E-state index contributed by atoms with van der Waals surface area (Å²) >= 11 is 5.94. The van der Waals surface area contributed by atoms with Crippen molar-refractivity contribution in [1.82, 2.24) is 20.0 Å². The summed E-state index contributed by atoms with van der Waals surface area (Å²) in [6, 6.07) is -0.399. The molecule has 0 aliphatic carbocycles. The van der Waals surface area contributed by atoms with Gasteiger partial charge in [0.05, 0.1) is 10.7 Å². The van der Waals surface area contributed by atoms with Gasteiger partial charge in [-0.1, -0.05) is 11.6 Å². The minimum Gasteiger partial charge on any atom is -0.354 e. The van der Waals surface area contributed by atoms with Gasteiger partial charge in [-0.2, -0.15) is 5.10 Å². The van der Waals surface area contributed by atoms with E-state index in [2.05, 4.69) is 10.4 Å². The number of carbonyl (C=O) groups excluding carboxylic acids is 2. The lowest BCUT2D eigenvalue weighted by molar-refractivity contribution is -0.127. The molecule has 2 rings (SSSR count). The predicted molar refractivity (Wildman–Crippen MR) is 80.1 cm³/mol. The number of nitrogens with zero attached hydrogens (tertiary/aromatic N) is 3. The number of amides is 2. The van der Waals surface area contributed by atoms with E-state index in [0.717, 1.165) is 19.4 Å².